The standard InChI is InChI=1S/C20H26O4/c1-10-11-5-6-12-19(4)8-7-14(21)18(2,3)13(19)9-15(22)20(12,16(10)23)17(11)24/h7-8,11-13,15,17,22,24H,1,5-6,9H2,2-4H3/t11?,12-,13-,15?,17?,19+,20+/m1/s1. The predicted molar refractivity (Wildman–Crippen MR) is 88.9 cm³/mol. The van der Waals surface area contributed by atoms with Crippen molar-refractivity contribution in [3.05, 3.63) is 24.3 Å². The van der Waals surface area contributed by atoms with Crippen LogP contribution in [-0.2, 0) is 9.59 Å². The lowest BCUT2D eigenvalue weighted by molar-refractivity contribution is -0.205. The Kier molecular flexibility index (Phi) is 3.02. The molecule has 4 heteroatoms. The van der Waals surface area contributed by atoms with E-state index >= 15 is 0 Å². The maximum absolute atomic E-state index is 13.1. The van der Waals surface area contributed by atoms with Gasteiger partial charge in [0, 0.05) is 11.3 Å². The third-order valence-electron chi connectivity index (χ3n) is 7.96. The number of hydrogen-bond donors (Lipinski definition) is 2. The number of fused-ring (bicyclic) bond motifs is 3. The van der Waals surface area contributed by atoms with Gasteiger partial charge < -0.3 is 10.2 Å². The first-order valence-electron chi connectivity index (χ1n) is 8.93. The molecule has 4 rings (SSSR count). The molecular weight excluding hydrogens is 304 g/mol. The smallest absolute Gasteiger partial charge is 0.170 e. The van der Waals surface area contributed by atoms with E-state index in [4.69, 9.17) is 0 Å². The van der Waals surface area contributed by atoms with Gasteiger partial charge in [-0.25, -0.2) is 0 Å². The number of aliphatic hydroxyl groups excluding tert-OH is 2. The van der Waals surface area contributed by atoms with E-state index in [1.54, 1.807) is 6.08 Å². The normalized spacial score (nSPS) is 52.2. The van der Waals surface area contributed by atoms with Crippen molar-refractivity contribution >= 4 is 11.6 Å². The summed E-state index contributed by atoms with van der Waals surface area (Å²) in [6, 6.07) is 0. The van der Waals surface area contributed by atoms with E-state index in [-0.39, 0.29) is 34.7 Å². The zero-order valence-corrected chi connectivity index (χ0v) is 14.6. The van der Waals surface area contributed by atoms with Crippen LogP contribution < -0.4 is 0 Å². The summed E-state index contributed by atoms with van der Waals surface area (Å²) in [4.78, 5) is 25.5. The van der Waals surface area contributed by atoms with Crippen LogP contribution in [0.15, 0.2) is 24.3 Å². The summed E-state index contributed by atoms with van der Waals surface area (Å²) in [5, 5.41) is 22.0. The molecule has 0 aliphatic heterocycles. The second kappa shape index (κ2) is 4.47. The van der Waals surface area contributed by atoms with E-state index in [2.05, 4.69) is 13.5 Å². The van der Waals surface area contributed by atoms with Crippen molar-refractivity contribution in [1.29, 1.82) is 0 Å². The maximum Gasteiger partial charge on any atom is 0.170 e. The molecule has 130 valence electrons. The number of carbonyl (C=O) groups is 2. The fraction of sp³-hybridized carbons (Fsp3) is 0.700. The van der Waals surface area contributed by atoms with Crippen molar-refractivity contribution < 1.29 is 19.8 Å². The molecule has 0 aromatic heterocycles. The van der Waals surface area contributed by atoms with Gasteiger partial charge in [0.05, 0.1) is 17.6 Å². The molecule has 0 saturated heterocycles. The second-order valence-electron chi connectivity index (χ2n) is 9.06. The van der Waals surface area contributed by atoms with Gasteiger partial charge in [0.15, 0.2) is 11.6 Å². The molecule has 3 unspecified atom stereocenters. The molecule has 7 atom stereocenters. The molecule has 0 aromatic carbocycles. The van der Waals surface area contributed by atoms with Crippen molar-refractivity contribution in [1.82, 2.24) is 0 Å². The molecule has 0 amide bonds. The minimum Gasteiger partial charge on any atom is -0.392 e. The summed E-state index contributed by atoms with van der Waals surface area (Å²) in [5.74, 6) is -0.521. The third-order valence-corrected chi connectivity index (χ3v) is 7.96. The first-order chi connectivity index (χ1) is 11.1. The Bertz CT molecular complexity index is 690. The summed E-state index contributed by atoms with van der Waals surface area (Å²) in [7, 11) is 0. The molecule has 0 heterocycles. The highest BCUT2D eigenvalue weighted by atomic mass is 16.3. The van der Waals surface area contributed by atoms with E-state index in [1.807, 2.05) is 19.9 Å². The van der Waals surface area contributed by atoms with Gasteiger partial charge in [-0.15, -0.1) is 0 Å². The number of carbonyl (C=O) groups excluding carboxylic acids is 2. The van der Waals surface area contributed by atoms with Crippen molar-refractivity contribution in [3.63, 3.8) is 0 Å². The number of aliphatic hydroxyl groups is 2. The van der Waals surface area contributed by atoms with Crippen molar-refractivity contribution in [2.45, 2.75) is 52.2 Å². The van der Waals surface area contributed by atoms with Gasteiger partial charge in [-0.3, -0.25) is 9.59 Å². The summed E-state index contributed by atoms with van der Waals surface area (Å²) in [5.41, 5.74) is -1.64. The maximum atomic E-state index is 13.1. The molecule has 3 saturated carbocycles. The Morgan fingerprint density at radius 1 is 1.12 bits per heavy atom. The van der Waals surface area contributed by atoms with Crippen LogP contribution in [0, 0.1) is 34.0 Å². The Morgan fingerprint density at radius 3 is 2.46 bits per heavy atom. The van der Waals surface area contributed by atoms with Crippen LogP contribution in [0.3, 0.4) is 0 Å². The Morgan fingerprint density at radius 2 is 1.79 bits per heavy atom. The minimum atomic E-state index is -1.15. The van der Waals surface area contributed by atoms with Crippen LogP contribution in [0.1, 0.15) is 40.0 Å². The van der Waals surface area contributed by atoms with Gasteiger partial charge in [0.1, 0.15) is 0 Å². The van der Waals surface area contributed by atoms with Crippen molar-refractivity contribution in [3.8, 4) is 0 Å². The molecule has 4 aliphatic rings. The van der Waals surface area contributed by atoms with Crippen LogP contribution >= 0.6 is 0 Å². The topological polar surface area (TPSA) is 74.6 Å². The van der Waals surface area contributed by atoms with Gasteiger partial charge in [-0.05, 0) is 48.2 Å². The first-order valence-corrected chi connectivity index (χ1v) is 8.93. The molecule has 0 aromatic rings. The third kappa shape index (κ3) is 1.49. The second-order valence-corrected chi connectivity index (χ2v) is 9.06. The lowest BCUT2D eigenvalue weighted by Crippen LogP contribution is -2.67. The van der Waals surface area contributed by atoms with Gasteiger partial charge in [-0.2, -0.15) is 0 Å². The zero-order chi connectivity index (χ0) is 17.7. The number of ketones is 2. The largest absolute Gasteiger partial charge is 0.392 e. The highest BCUT2D eigenvalue weighted by Crippen LogP contribution is 2.69. The van der Waals surface area contributed by atoms with E-state index in [0.29, 0.717) is 12.0 Å². The molecule has 2 bridgehead atoms. The molecule has 0 radical (unpaired) electrons. The summed E-state index contributed by atoms with van der Waals surface area (Å²) in [6.07, 6.45) is 3.65. The first kappa shape index (κ1) is 16.2. The van der Waals surface area contributed by atoms with Crippen LogP contribution in [0.25, 0.3) is 0 Å². The fourth-order valence-corrected chi connectivity index (χ4v) is 6.65. The van der Waals surface area contributed by atoms with Crippen molar-refractivity contribution in [2.24, 2.45) is 34.0 Å². The number of hydrogen-bond acceptors (Lipinski definition) is 4. The average molecular weight is 330 g/mol. The van der Waals surface area contributed by atoms with Crippen molar-refractivity contribution in [2.75, 3.05) is 0 Å². The molecular formula is C20H26O4. The van der Waals surface area contributed by atoms with E-state index in [9.17, 15) is 19.8 Å². The van der Waals surface area contributed by atoms with Crippen LogP contribution in [-0.4, -0.2) is 34.0 Å². The SMILES string of the molecule is C=C1C(=O)[C@@]23C(O)C[C@@H]4C(C)(C)C(=O)C=C[C@@]4(C)[C@H]2CCC1C3O. The number of allylic oxidation sites excluding steroid dienone is 2. The molecule has 3 fully saturated rings. The quantitative estimate of drug-likeness (QED) is 0.667. The lowest BCUT2D eigenvalue weighted by Gasteiger charge is -2.62. The zero-order valence-electron chi connectivity index (χ0n) is 14.6. The summed E-state index contributed by atoms with van der Waals surface area (Å²) in [6.45, 7) is 9.89. The highest BCUT2D eigenvalue weighted by molar-refractivity contribution is 6.04. The number of Topliss-reactive ketones (excluding diaryl/α,β-unsaturated/α-hetero) is 1. The van der Waals surface area contributed by atoms with E-state index < -0.39 is 23.0 Å². The van der Waals surface area contributed by atoms with Gasteiger partial charge in [-0.1, -0.05) is 33.4 Å². The van der Waals surface area contributed by atoms with Crippen LogP contribution in [0.2, 0.25) is 0 Å². The average Bonchev–Trinajstić information content (AvgIpc) is 2.64. The molecule has 2 N–H and O–H groups in total. The Labute approximate surface area is 142 Å². The molecule has 4 nitrogen and oxygen atoms in total. The van der Waals surface area contributed by atoms with Gasteiger partial charge >= 0.3 is 0 Å². The molecule has 4 aliphatic carbocycles. The van der Waals surface area contributed by atoms with E-state index in [1.165, 1.54) is 0 Å². The van der Waals surface area contributed by atoms with Gasteiger partial charge in [0.25, 0.3) is 0 Å². The predicted octanol–water partition coefficient (Wildman–Crippen LogP) is 2.05. The molecule has 24 heavy (non-hydrogen) atoms. The molecule has 1 spiro atoms. The van der Waals surface area contributed by atoms with Crippen LogP contribution in [0.5, 0.6) is 0 Å². The fourth-order valence-electron chi connectivity index (χ4n) is 6.65. The van der Waals surface area contributed by atoms with Crippen LogP contribution in [0.4, 0.5) is 0 Å². The van der Waals surface area contributed by atoms with E-state index in [0.717, 1.165) is 12.8 Å². The summed E-state index contributed by atoms with van der Waals surface area (Å²) >= 11 is 0. The Hall–Kier alpha value is -1.26. The monoisotopic (exact) mass is 330 g/mol. The Balaban J connectivity index is 1.93. The number of rotatable bonds is 0. The minimum absolute atomic E-state index is 0.0430. The highest BCUT2D eigenvalue weighted by Gasteiger charge is 2.73. The van der Waals surface area contributed by atoms with Gasteiger partial charge in [0.2, 0.25) is 0 Å². The lowest BCUT2D eigenvalue weighted by atomic mass is 9.41. The summed E-state index contributed by atoms with van der Waals surface area (Å²) < 4.78 is 0.